The van der Waals surface area contributed by atoms with Crippen molar-refractivity contribution in [1.82, 2.24) is 10.3 Å². The minimum atomic E-state index is 0.534. The molecule has 1 saturated heterocycles. The van der Waals surface area contributed by atoms with Crippen LogP contribution in [0.15, 0.2) is 42.6 Å². The fraction of sp³-hybridized carbons (Fsp3) is 0.450. The van der Waals surface area contributed by atoms with E-state index in [1.54, 1.807) is 0 Å². The van der Waals surface area contributed by atoms with Gasteiger partial charge in [0.05, 0.1) is 6.61 Å². The molecule has 2 aromatic rings. The monoisotopic (exact) mass is 323 g/mol. The molecule has 1 atom stereocenters. The zero-order valence-electron chi connectivity index (χ0n) is 14.1. The van der Waals surface area contributed by atoms with E-state index in [0.717, 1.165) is 50.8 Å². The Labute approximate surface area is 143 Å². The molecule has 4 rings (SSSR count). The van der Waals surface area contributed by atoms with E-state index in [9.17, 15) is 0 Å². The first-order chi connectivity index (χ1) is 11.9. The Kier molecular flexibility index (Phi) is 4.65. The van der Waals surface area contributed by atoms with E-state index in [0.29, 0.717) is 5.92 Å². The predicted octanol–water partition coefficient (Wildman–Crippen LogP) is 3.34. The number of rotatable bonds is 5. The third-order valence-electron chi connectivity index (χ3n) is 5.04. The largest absolute Gasteiger partial charge is 0.493 e. The van der Waals surface area contributed by atoms with Gasteiger partial charge in [0.1, 0.15) is 11.6 Å². The van der Waals surface area contributed by atoms with Gasteiger partial charge in [-0.15, -0.1) is 0 Å². The van der Waals surface area contributed by atoms with Gasteiger partial charge in [0.2, 0.25) is 0 Å². The number of anilines is 1. The molecule has 1 aromatic carbocycles. The van der Waals surface area contributed by atoms with Crippen LogP contribution in [0, 0.1) is 0 Å². The molecule has 0 spiro atoms. The van der Waals surface area contributed by atoms with E-state index in [4.69, 9.17) is 4.74 Å². The second-order valence-electron chi connectivity index (χ2n) is 6.72. The van der Waals surface area contributed by atoms with E-state index >= 15 is 0 Å². The van der Waals surface area contributed by atoms with E-state index in [1.165, 1.54) is 24.0 Å². The third-order valence-corrected chi connectivity index (χ3v) is 5.04. The molecular formula is C20H25N3O. The molecule has 0 aliphatic carbocycles. The smallest absolute Gasteiger partial charge is 0.128 e. The van der Waals surface area contributed by atoms with Crippen molar-refractivity contribution >= 4 is 5.82 Å². The van der Waals surface area contributed by atoms with Crippen molar-refractivity contribution in [3.05, 3.63) is 53.7 Å². The van der Waals surface area contributed by atoms with Crippen LogP contribution >= 0.6 is 0 Å². The van der Waals surface area contributed by atoms with Crippen molar-refractivity contribution in [3.8, 4) is 5.75 Å². The average molecular weight is 323 g/mol. The molecule has 1 fully saturated rings. The second-order valence-corrected chi connectivity index (χ2v) is 6.72. The fourth-order valence-corrected chi connectivity index (χ4v) is 3.67. The molecular weight excluding hydrogens is 298 g/mol. The van der Waals surface area contributed by atoms with Crippen LogP contribution in [-0.2, 0) is 6.54 Å². The summed E-state index contributed by atoms with van der Waals surface area (Å²) < 4.78 is 5.74. The summed E-state index contributed by atoms with van der Waals surface area (Å²) in [5.74, 6) is 2.70. The summed E-state index contributed by atoms with van der Waals surface area (Å²) in [6, 6.07) is 12.8. The van der Waals surface area contributed by atoms with E-state index in [-0.39, 0.29) is 0 Å². The van der Waals surface area contributed by atoms with Crippen LogP contribution in [0.1, 0.15) is 36.3 Å². The molecule has 2 aliphatic rings. The minimum Gasteiger partial charge on any atom is -0.493 e. The molecule has 0 saturated carbocycles. The highest BCUT2D eigenvalue weighted by Gasteiger charge is 2.20. The first-order valence-corrected chi connectivity index (χ1v) is 9.02. The molecule has 3 heterocycles. The lowest BCUT2D eigenvalue weighted by Crippen LogP contribution is -2.25. The predicted molar refractivity (Wildman–Crippen MR) is 96.7 cm³/mol. The average Bonchev–Trinajstić information content (AvgIpc) is 3.17. The molecule has 1 aromatic heterocycles. The molecule has 24 heavy (non-hydrogen) atoms. The lowest BCUT2D eigenvalue weighted by molar-refractivity contribution is 0.264. The third kappa shape index (κ3) is 3.39. The number of fused-ring (bicyclic) bond motifs is 1. The molecule has 0 unspecified atom stereocenters. The summed E-state index contributed by atoms with van der Waals surface area (Å²) in [6.07, 6.45) is 5.67. The zero-order valence-corrected chi connectivity index (χ0v) is 14.1. The number of para-hydroxylation sites is 1. The number of nitrogens with zero attached hydrogens (tertiary/aromatic N) is 2. The van der Waals surface area contributed by atoms with Gasteiger partial charge in [0.25, 0.3) is 0 Å². The van der Waals surface area contributed by atoms with Crippen molar-refractivity contribution in [2.24, 2.45) is 0 Å². The Hall–Kier alpha value is -2.07. The summed E-state index contributed by atoms with van der Waals surface area (Å²) in [5.41, 5.74) is 2.58. The lowest BCUT2D eigenvalue weighted by atomic mass is 9.93. The number of aromatic nitrogens is 1. The summed E-state index contributed by atoms with van der Waals surface area (Å²) in [4.78, 5) is 7.00. The van der Waals surface area contributed by atoms with Crippen LogP contribution in [0.4, 0.5) is 5.82 Å². The van der Waals surface area contributed by atoms with Crippen LogP contribution < -0.4 is 15.0 Å². The van der Waals surface area contributed by atoms with Crippen LogP contribution in [-0.4, -0.2) is 31.2 Å². The standard InChI is InChI=1S/C20H25N3O/c1-2-6-19-18(5-1)17(9-12-24-19)15-21-13-16-7-8-20(22-14-16)23-10-3-4-11-23/h1-2,5-8,14,17,21H,3-4,9-13,15H2/t17-/m0/s1. The molecule has 0 bridgehead atoms. The van der Waals surface area contributed by atoms with Gasteiger partial charge in [-0.25, -0.2) is 4.98 Å². The van der Waals surface area contributed by atoms with Gasteiger partial charge in [0.15, 0.2) is 0 Å². The molecule has 0 radical (unpaired) electrons. The van der Waals surface area contributed by atoms with Gasteiger partial charge >= 0.3 is 0 Å². The number of pyridine rings is 1. The van der Waals surface area contributed by atoms with Crippen LogP contribution in [0.5, 0.6) is 5.75 Å². The minimum absolute atomic E-state index is 0.534. The summed E-state index contributed by atoms with van der Waals surface area (Å²) in [7, 11) is 0. The highest BCUT2D eigenvalue weighted by molar-refractivity contribution is 5.40. The van der Waals surface area contributed by atoms with Crippen molar-refractivity contribution in [2.45, 2.75) is 31.7 Å². The molecule has 4 heteroatoms. The van der Waals surface area contributed by atoms with E-state index in [1.807, 2.05) is 12.3 Å². The number of hydrogen-bond acceptors (Lipinski definition) is 4. The molecule has 2 aliphatic heterocycles. The van der Waals surface area contributed by atoms with Gasteiger partial charge in [0, 0.05) is 38.3 Å². The summed E-state index contributed by atoms with van der Waals surface area (Å²) >= 11 is 0. The summed E-state index contributed by atoms with van der Waals surface area (Å²) in [5, 5.41) is 3.59. The lowest BCUT2D eigenvalue weighted by Gasteiger charge is -2.26. The summed E-state index contributed by atoms with van der Waals surface area (Å²) in [6.45, 7) is 4.96. The molecule has 4 nitrogen and oxygen atoms in total. The molecule has 126 valence electrons. The topological polar surface area (TPSA) is 37.4 Å². The van der Waals surface area contributed by atoms with Gasteiger partial charge in [-0.05, 0) is 42.5 Å². The van der Waals surface area contributed by atoms with E-state index in [2.05, 4.69) is 45.5 Å². The quantitative estimate of drug-likeness (QED) is 0.916. The number of hydrogen-bond donors (Lipinski definition) is 1. The Morgan fingerprint density at radius 1 is 1.12 bits per heavy atom. The normalized spacial score (nSPS) is 19.8. The first kappa shape index (κ1) is 15.5. The van der Waals surface area contributed by atoms with Gasteiger partial charge in [-0.2, -0.15) is 0 Å². The molecule has 0 amide bonds. The SMILES string of the molecule is c1ccc2c(c1)OCC[C@H]2CNCc1ccc(N2CCCC2)nc1. The van der Waals surface area contributed by atoms with Gasteiger partial charge in [-0.3, -0.25) is 0 Å². The Bertz CT molecular complexity index is 665. The van der Waals surface area contributed by atoms with Crippen molar-refractivity contribution < 1.29 is 4.74 Å². The number of benzene rings is 1. The zero-order chi connectivity index (χ0) is 16.2. The van der Waals surface area contributed by atoms with Crippen LogP contribution in [0.3, 0.4) is 0 Å². The van der Waals surface area contributed by atoms with E-state index < -0.39 is 0 Å². The number of ether oxygens (including phenoxy) is 1. The maximum atomic E-state index is 5.74. The van der Waals surface area contributed by atoms with Crippen molar-refractivity contribution in [2.75, 3.05) is 31.1 Å². The van der Waals surface area contributed by atoms with Crippen LogP contribution in [0.2, 0.25) is 0 Å². The van der Waals surface area contributed by atoms with Crippen molar-refractivity contribution in [3.63, 3.8) is 0 Å². The number of nitrogens with one attached hydrogen (secondary N) is 1. The van der Waals surface area contributed by atoms with Crippen LogP contribution in [0.25, 0.3) is 0 Å². The second kappa shape index (κ2) is 7.22. The fourth-order valence-electron chi connectivity index (χ4n) is 3.67. The maximum absolute atomic E-state index is 5.74. The highest BCUT2D eigenvalue weighted by atomic mass is 16.5. The Morgan fingerprint density at radius 3 is 2.83 bits per heavy atom. The maximum Gasteiger partial charge on any atom is 0.128 e. The van der Waals surface area contributed by atoms with Gasteiger partial charge in [-0.1, -0.05) is 24.3 Å². The van der Waals surface area contributed by atoms with Gasteiger partial charge < -0.3 is 15.0 Å². The highest BCUT2D eigenvalue weighted by Crippen LogP contribution is 2.32. The molecule has 1 N–H and O–H groups in total. The first-order valence-electron chi connectivity index (χ1n) is 9.02. The van der Waals surface area contributed by atoms with Crippen molar-refractivity contribution in [1.29, 1.82) is 0 Å². The Balaban J connectivity index is 1.31. The Morgan fingerprint density at radius 2 is 2.00 bits per heavy atom.